The monoisotopic (exact) mass is 279 g/mol. The van der Waals surface area contributed by atoms with E-state index in [2.05, 4.69) is 5.32 Å². The van der Waals surface area contributed by atoms with E-state index in [1.807, 2.05) is 36.4 Å². The Morgan fingerprint density at radius 3 is 1.89 bits per heavy atom. The molecule has 0 saturated heterocycles. The van der Waals surface area contributed by atoms with Gasteiger partial charge in [0, 0.05) is 27.3 Å². The Labute approximate surface area is 115 Å². The van der Waals surface area contributed by atoms with Crippen LogP contribution in [0.5, 0.6) is 0 Å². The van der Waals surface area contributed by atoms with Gasteiger partial charge in [0.05, 0.1) is 6.61 Å². The molecule has 18 heavy (non-hydrogen) atoms. The first-order valence-electron chi connectivity index (χ1n) is 5.66. The number of fused-ring (bicyclic) bond motifs is 2. The van der Waals surface area contributed by atoms with Crippen LogP contribution in [0.1, 0.15) is 17.0 Å². The van der Waals surface area contributed by atoms with Gasteiger partial charge in [-0.3, -0.25) is 0 Å². The summed E-state index contributed by atoms with van der Waals surface area (Å²) in [5, 5.41) is 14.3. The number of nitrogens with one attached hydrogen (secondary N) is 1. The zero-order chi connectivity index (χ0) is 12.7. The quantitative estimate of drug-likeness (QED) is 0.821. The minimum absolute atomic E-state index is 0.0363. The molecule has 2 aromatic rings. The molecule has 1 aliphatic rings. The summed E-state index contributed by atoms with van der Waals surface area (Å²) >= 11 is 12.0. The molecule has 0 bridgehead atoms. The normalized spacial score (nSPS) is 13.7. The third-order valence-electron chi connectivity index (χ3n) is 3.23. The molecule has 92 valence electrons. The van der Waals surface area contributed by atoms with Gasteiger partial charge in [0.1, 0.15) is 0 Å². The highest BCUT2D eigenvalue weighted by molar-refractivity contribution is 6.31. The van der Waals surface area contributed by atoms with Crippen molar-refractivity contribution in [3.63, 3.8) is 0 Å². The van der Waals surface area contributed by atoms with E-state index in [-0.39, 0.29) is 12.5 Å². The number of benzene rings is 2. The predicted octanol–water partition coefficient (Wildman–Crippen LogP) is 4.17. The zero-order valence-electron chi connectivity index (χ0n) is 9.45. The fraction of sp³-hybridized carbons (Fsp3) is 0.143. The van der Waals surface area contributed by atoms with Gasteiger partial charge >= 0.3 is 0 Å². The summed E-state index contributed by atoms with van der Waals surface area (Å²) in [6.07, 6.45) is 0. The number of halogens is 2. The maximum atomic E-state index is 9.63. The summed E-state index contributed by atoms with van der Waals surface area (Å²) in [4.78, 5) is 0. The van der Waals surface area contributed by atoms with Crippen LogP contribution in [0, 0.1) is 0 Å². The van der Waals surface area contributed by atoms with Crippen molar-refractivity contribution in [1.29, 1.82) is 0 Å². The number of hydrogen-bond donors (Lipinski definition) is 2. The molecule has 2 N–H and O–H groups in total. The summed E-state index contributed by atoms with van der Waals surface area (Å²) in [5.74, 6) is -0.0363. The first kappa shape index (κ1) is 11.8. The van der Waals surface area contributed by atoms with E-state index in [0.29, 0.717) is 10.0 Å². The second-order valence-electron chi connectivity index (χ2n) is 4.32. The number of rotatable bonds is 1. The van der Waals surface area contributed by atoms with Crippen molar-refractivity contribution in [3.8, 4) is 0 Å². The smallest absolute Gasteiger partial charge is 0.0542 e. The van der Waals surface area contributed by atoms with Crippen LogP contribution in [0.15, 0.2) is 36.4 Å². The number of aliphatic hydroxyl groups excluding tert-OH is 1. The molecule has 0 amide bonds. The van der Waals surface area contributed by atoms with E-state index in [1.165, 1.54) is 0 Å². The Morgan fingerprint density at radius 1 is 0.944 bits per heavy atom. The average molecular weight is 280 g/mol. The first-order chi connectivity index (χ1) is 8.69. The van der Waals surface area contributed by atoms with Gasteiger partial charge in [0.25, 0.3) is 0 Å². The molecule has 3 rings (SSSR count). The van der Waals surface area contributed by atoms with Crippen molar-refractivity contribution in [1.82, 2.24) is 0 Å². The second kappa shape index (κ2) is 4.47. The molecule has 4 heteroatoms. The standard InChI is InChI=1S/C14H11Cl2NO/c15-8-1-3-10-12(7-18)11-4-2-9(16)6-14(11)17-13(10)5-8/h1-6,12,17-18H,7H2. The topological polar surface area (TPSA) is 32.3 Å². The molecule has 0 saturated carbocycles. The summed E-state index contributed by atoms with van der Waals surface area (Å²) in [6.45, 7) is 0.0605. The van der Waals surface area contributed by atoms with E-state index >= 15 is 0 Å². The molecule has 1 heterocycles. The van der Waals surface area contributed by atoms with Crippen LogP contribution < -0.4 is 5.32 Å². The predicted molar refractivity (Wildman–Crippen MR) is 75.1 cm³/mol. The van der Waals surface area contributed by atoms with Gasteiger partial charge < -0.3 is 10.4 Å². The highest BCUT2D eigenvalue weighted by atomic mass is 35.5. The van der Waals surface area contributed by atoms with Gasteiger partial charge in [-0.05, 0) is 35.4 Å². The third kappa shape index (κ3) is 1.87. The van der Waals surface area contributed by atoms with Crippen LogP contribution in [0.2, 0.25) is 10.0 Å². The Balaban J connectivity index is 2.18. The van der Waals surface area contributed by atoms with E-state index in [1.54, 1.807) is 0 Å². The van der Waals surface area contributed by atoms with Crippen LogP contribution in [0.25, 0.3) is 0 Å². The lowest BCUT2D eigenvalue weighted by Gasteiger charge is -2.28. The van der Waals surface area contributed by atoms with E-state index < -0.39 is 0 Å². The Hall–Kier alpha value is -1.22. The van der Waals surface area contributed by atoms with Gasteiger partial charge in [0.2, 0.25) is 0 Å². The SMILES string of the molecule is OCC1c2ccc(Cl)cc2Nc2cc(Cl)ccc21. The molecule has 0 unspecified atom stereocenters. The maximum absolute atomic E-state index is 9.63. The van der Waals surface area contributed by atoms with Crippen LogP contribution in [0.4, 0.5) is 11.4 Å². The zero-order valence-corrected chi connectivity index (χ0v) is 11.0. The van der Waals surface area contributed by atoms with E-state index in [9.17, 15) is 5.11 Å². The highest BCUT2D eigenvalue weighted by Gasteiger charge is 2.25. The molecular formula is C14H11Cl2NO. The second-order valence-corrected chi connectivity index (χ2v) is 5.20. The molecular weight excluding hydrogens is 269 g/mol. The summed E-state index contributed by atoms with van der Waals surface area (Å²) in [6, 6.07) is 11.3. The van der Waals surface area contributed by atoms with Gasteiger partial charge in [-0.1, -0.05) is 35.3 Å². The molecule has 0 aromatic heterocycles. The van der Waals surface area contributed by atoms with Crippen LogP contribution in [-0.4, -0.2) is 11.7 Å². The lowest BCUT2D eigenvalue weighted by molar-refractivity contribution is 0.280. The minimum atomic E-state index is -0.0363. The Kier molecular flexibility index (Phi) is 2.94. The highest BCUT2D eigenvalue weighted by Crippen LogP contribution is 2.42. The molecule has 2 aromatic carbocycles. The van der Waals surface area contributed by atoms with Crippen LogP contribution >= 0.6 is 23.2 Å². The Morgan fingerprint density at radius 2 is 1.44 bits per heavy atom. The van der Waals surface area contributed by atoms with E-state index in [0.717, 1.165) is 22.5 Å². The molecule has 0 spiro atoms. The summed E-state index contributed by atoms with van der Waals surface area (Å²) < 4.78 is 0. The minimum Gasteiger partial charge on any atom is -0.395 e. The fourth-order valence-electron chi connectivity index (χ4n) is 2.39. The number of aliphatic hydroxyl groups is 1. The number of anilines is 2. The van der Waals surface area contributed by atoms with Gasteiger partial charge in [-0.2, -0.15) is 0 Å². The third-order valence-corrected chi connectivity index (χ3v) is 3.70. The molecule has 0 radical (unpaired) electrons. The van der Waals surface area contributed by atoms with Crippen molar-refractivity contribution < 1.29 is 5.11 Å². The molecule has 0 aliphatic carbocycles. The Bertz CT molecular complexity index is 561. The van der Waals surface area contributed by atoms with Crippen molar-refractivity contribution >= 4 is 34.6 Å². The van der Waals surface area contributed by atoms with Crippen LogP contribution in [-0.2, 0) is 0 Å². The van der Waals surface area contributed by atoms with Crippen molar-refractivity contribution in [3.05, 3.63) is 57.6 Å². The largest absolute Gasteiger partial charge is 0.395 e. The van der Waals surface area contributed by atoms with Crippen LogP contribution in [0.3, 0.4) is 0 Å². The van der Waals surface area contributed by atoms with Crippen molar-refractivity contribution in [2.75, 3.05) is 11.9 Å². The van der Waals surface area contributed by atoms with E-state index in [4.69, 9.17) is 23.2 Å². The van der Waals surface area contributed by atoms with Crippen molar-refractivity contribution in [2.45, 2.75) is 5.92 Å². The lowest BCUT2D eigenvalue weighted by Crippen LogP contribution is -2.15. The first-order valence-corrected chi connectivity index (χ1v) is 6.41. The van der Waals surface area contributed by atoms with Crippen molar-refractivity contribution in [2.24, 2.45) is 0 Å². The average Bonchev–Trinajstić information content (AvgIpc) is 2.35. The van der Waals surface area contributed by atoms with Gasteiger partial charge in [-0.15, -0.1) is 0 Å². The molecule has 0 atom stereocenters. The van der Waals surface area contributed by atoms with Gasteiger partial charge in [-0.25, -0.2) is 0 Å². The van der Waals surface area contributed by atoms with Gasteiger partial charge in [0.15, 0.2) is 0 Å². The fourth-order valence-corrected chi connectivity index (χ4v) is 2.73. The summed E-state index contributed by atoms with van der Waals surface area (Å²) in [5.41, 5.74) is 3.96. The summed E-state index contributed by atoms with van der Waals surface area (Å²) in [7, 11) is 0. The molecule has 0 fully saturated rings. The number of hydrogen-bond acceptors (Lipinski definition) is 2. The lowest BCUT2D eigenvalue weighted by atomic mass is 9.86. The molecule has 2 nitrogen and oxygen atoms in total. The molecule has 1 aliphatic heterocycles. The maximum Gasteiger partial charge on any atom is 0.0542 e.